The minimum absolute atomic E-state index is 0.0268. The maximum atomic E-state index is 12.5. The third-order valence-corrected chi connectivity index (χ3v) is 7.23. The predicted molar refractivity (Wildman–Crippen MR) is 133 cm³/mol. The van der Waals surface area contributed by atoms with Crippen molar-refractivity contribution in [3.63, 3.8) is 0 Å². The van der Waals surface area contributed by atoms with E-state index in [1.807, 2.05) is 24.3 Å². The van der Waals surface area contributed by atoms with E-state index in [9.17, 15) is 18.3 Å². The first-order valence-electron chi connectivity index (χ1n) is 11.3. The number of rotatable bonds is 10. The molecule has 3 N–H and O–H groups in total. The average molecular weight is 497 g/mol. The third-order valence-electron chi connectivity index (χ3n) is 5.74. The normalized spacial score (nSPS) is 15.1. The van der Waals surface area contributed by atoms with Crippen molar-refractivity contribution in [2.24, 2.45) is 0 Å². The van der Waals surface area contributed by atoms with Gasteiger partial charge in [0.1, 0.15) is 6.04 Å². The van der Waals surface area contributed by atoms with Crippen molar-refractivity contribution in [2.45, 2.75) is 17.5 Å². The molecule has 4 rings (SSSR count). The topological polar surface area (TPSA) is 128 Å². The summed E-state index contributed by atoms with van der Waals surface area (Å²) in [5, 5.41) is 12.5. The standard InChI is InChI=1S/C24H28N6O4S/c31-23(32)22(28-35(33,34)21-5-2-1-3-6-21)18-25-17-19-7-9-20(10-8-19)29-13-15-30(16-14-29)24-26-11-4-12-27-24/h1-12,22,25,28H,13-18H2,(H,31,32)/t22-/m0/s1. The van der Waals surface area contributed by atoms with Crippen molar-refractivity contribution >= 4 is 27.6 Å². The van der Waals surface area contributed by atoms with Crippen LogP contribution in [0.3, 0.4) is 0 Å². The second-order valence-electron chi connectivity index (χ2n) is 8.15. The van der Waals surface area contributed by atoms with Gasteiger partial charge in [-0.2, -0.15) is 4.72 Å². The van der Waals surface area contributed by atoms with Gasteiger partial charge >= 0.3 is 5.97 Å². The van der Waals surface area contributed by atoms with Crippen molar-refractivity contribution < 1.29 is 18.3 Å². The highest BCUT2D eigenvalue weighted by molar-refractivity contribution is 7.89. The molecule has 1 aromatic heterocycles. The van der Waals surface area contributed by atoms with Crippen LogP contribution in [-0.2, 0) is 21.4 Å². The number of aromatic nitrogens is 2. The number of carbonyl (C=O) groups is 1. The number of nitrogens with one attached hydrogen (secondary N) is 2. The van der Waals surface area contributed by atoms with E-state index in [1.54, 1.807) is 36.7 Å². The fraction of sp³-hybridized carbons (Fsp3) is 0.292. The molecular weight excluding hydrogens is 468 g/mol. The van der Waals surface area contributed by atoms with Crippen LogP contribution in [0.15, 0.2) is 78.0 Å². The van der Waals surface area contributed by atoms with E-state index in [1.165, 1.54) is 12.1 Å². The monoisotopic (exact) mass is 496 g/mol. The Hall–Kier alpha value is -3.54. The number of aliphatic carboxylic acids is 1. The highest BCUT2D eigenvalue weighted by Gasteiger charge is 2.25. The second-order valence-corrected chi connectivity index (χ2v) is 9.86. The lowest BCUT2D eigenvalue weighted by molar-refractivity contribution is -0.138. The Labute approximate surface area is 204 Å². The summed E-state index contributed by atoms with van der Waals surface area (Å²) in [5.41, 5.74) is 2.08. The zero-order valence-corrected chi connectivity index (χ0v) is 19.9. The summed E-state index contributed by atoms with van der Waals surface area (Å²) >= 11 is 0. The zero-order valence-electron chi connectivity index (χ0n) is 19.1. The molecule has 1 fully saturated rings. The molecular formula is C24H28N6O4S. The van der Waals surface area contributed by atoms with Crippen LogP contribution in [0, 0.1) is 0 Å². The van der Waals surface area contributed by atoms with Crippen molar-refractivity contribution in [1.29, 1.82) is 0 Å². The second kappa shape index (κ2) is 11.3. The third kappa shape index (κ3) is 6.53. The Kier molecular flexibility index (Phi) is 7.91. The lowest BCUT2D eigenvalue weighted by Gasteiger charge is -2.36. The molecule has 0 unspecified atom stereocenters. The van der Waals surface area contributed by atoms with Gasteiger partial charge in [0.25, 0.3) is 0 Å². The first kappa shape index (κ1) is 24.6. The molecule has 2 heterocycles. The quantitative estimate of drug-likeness (QED) is 0.381. The number of anilines is 2. The van der Waals surface area contributed by atoms with Crippen LogP contribution in [0.25, 0.3) is 0 Å². The minimum Gasteiger partial charge on any atom is -0.480 e. The summed E-state index contributed by atoms with van der Waals surface area (Å²) in [6.07, 6.45) is 3.50. The molecule has 0 saturated carbocycles. The van der Waals surface area contributed by atoms with Crippen molar-refractivity contribution in [2.75, 3.05) is 42.5 Å². The molecule has 0 amide bonds. The molecule has 0 bridgehead atoms. The zero-order chi connectivity index (χ0) is 24.7. The van der Waals surface area contributed by atoms with Crippen LogP contribution in [-0.4, -0.2) is 68.2 Å². The smallest absolute Gasteiger partial charge is 0.323 e. The number of hydrogen-bond acceptors (Lipinski definition) is 8. The number of nitrogens with zero attached hydrogens (tertiary/aromatic N) is 4. The van der Waals surface area contributed by atoms with Crippen LogP contribution in [0.5, 0.6) is 0 Å². The predicted octanol–water partition coefficient (Wildman–Crippen LogP) is 1.32. The minimum atomic E-state index is -3.93. The summed E-state index contributed by atoms with van der Waals surface area (Å²) in [6, 6.07) is 16.3. The largest absolute Gasteiger partial charge is 0.480 e. The number of sulfonamides is 1. The highest BCUT2D eigenvalue weighted by Crippen LogP contribution is 2.19. The summed E-state index contributed by atoms with van der Waals surface area (Å²) in [6.45, 7) is 3.75. The van der Waals surface area contributed by atoms with Crippen molar-refractivity contribution in [3.8, 4) is 0 Å². The highest BCUT2D eigenvalue weighted by atomic mass is 32.2. The molecule has 3 aromatic rings. The van der Waals surface area contributed by atoms with E-state index in [4.69, 9.17) is 0 Å². The molecule has 1 aliphatic heterocycles. The lowest BCUT2D eigenvalue weighted by Crippen LogP contribution is -2.47. The van der Waals surface area contributed by atoms with E-state index >= 15 is 0 Å². The fourth-order valence-corrected chi connectivity index (χ4v) is 5.05. The summed E-state index contributed by atoms with van der Waals surface area (Å²) in [4.78, 5) is 24.7. The molecule has 0 spiro atoms. The van der Waals surface area contributed by atoms with Crippen LogP contribution in [0.4, 0.5) is 11.6 Å². The first-order chi connectivity index (χ1) is 16.9. The van der Waals surface area contributed by atoms with Crippen LogP contribution in [0.1, 0.15) is 5.56 Å². The number of hydrogen-bond donors (Lipinski definition) is 3. The first-order valence-corrected chi connectivity index (χ1v) is 12.8. The molecule has 0 radical (unpaired) electrons. The summed E-state index contributed by atoms with van der Waals surface area (Å²) in [5.74, 6) is -0.494. The van der Waals surface area contributed by atoms with Crippen LogP contribution < -0.4 is 19.8 Å². The Morgan fingerprint density at radius 3 is 2.17 bits per heavy atom. The molecule has 11 heteroatoms. The molecule has 1 atom stereocenters. The number of benzene rings is 2. The van der Waals surface area contributed by atoms with Gasteiger partial charge in [-0.05, 0) is 35.9 Å². The molecule has 2 aromatic carbocycles. The number of piperazine rings is 1. The molecule has 0 aliphatic carbocycles. The molecule has 35 heavy (non-hydrogen) atoms. The Bertz CT molecular complexity index is 1200. The Morgan fingerprint density at radius 2 is 1.54 bits per heavy atom. The van der Waals surface area contributed by atoms with Gasteiger partial charge in [-0.1, -0.05) is 30.3 Å². The maximum Gasteiger partial charge on any atom is 0.323 e. The van der Waals surface area contributed by atoms with E-state index in [-0.39, 0.29) is 11.4 Å². The molecule has 184 valence electrons. The summed E-state index contributed by atoms with van der Waals surface area (Å²) in [7, 11) is -3.93. The fourth-order valence-electron chi connectivity index (χ4n) is 3.84. The van der Waals surface area contributed by atoms with Gasteiger partial charge in [0.2, 0.25) is 16.0 Å². The molecule has 10 nitrogen and oxygen atoms in total. The average Bonchev–Trinajstić information content (AvgIpc) is 2.89. The van der Waals surface area contributed by atoms with Gasteiger partial charge < -0.3 is 20.2 Å². The Morgan fingerprint density at radius 1 is 0.914 bits per heavy atom. The van der Waals surface area contributed by atoms with Crippen molar-refractivity contribution in [1.82, 2.24) is 20.0 Å². The van der Waals surface area contributed by atoms with Crippen LogP contribution >= 0.6 is 0 Å². The summed E-state index contributed by atoms with van der Waals surface area (Å²) < 4.78 is 27.2. The van der Waals surface area contributed by atoms with E-state index in [2.05, 4.69) is 29.8 Å². The van der Waals surface area contributed by atoms with Gasteiger partial charge in [0, 0.05) is 57.3 Å². The molecule has 1 aliphatic rings. The SMILES string of the molecule is O=C(O)[C@H](CNCc1ccc(N2CCN(c3ncccn3)CC2)cc1)NS(=O)(=O)c1ccccc1. The number of carboxylic acid groups (broad SMARTS) is 1. The van der Waals surface area contributed by atoms with Gasteiger partial charge in [-0.15, -0.1) is 0 Å². The van der Waals surface area contributed by atoms with Crippen molar-refractivity contribution in [3.05, 3.63) is 78.6 Å². The van der Waals surface area contributed by atoms with E-state index < -0.39 is 22.0 Å². The Balaban J connectivity index is 1.27. The maximum absolute atomic E-state index is 12.5. The van der Waals surface area contributed by atoms with Crippen LogP contribution in [0.2, 0.25) is 0 Å². The van der Waals surface area contributed by atoms with E-state index in [0.29, 0.717) is 6.54 Å². The van der Waals surface area contributed by atoms with E-state index in [0.717, 1.165) is 43.4 Å². The van der Waals surface area contributed by atoms with Gasteiger partial charge in [0.15, 0.2) is 0 Å². The van der Waals surface area contributed by atoms with Gasteiger partial charge in [-0.3, -0.25) is 4.79 Å². The van der Waals surface area contributed by atoms with Gasteiger partial charge in [0.05, 0.1) is 4.90 Å². The number of carboxylic acids is 1. The molecule has 1 saturated heterocycles. The lowest BCUT2D eigenvalue weighted by atomic mass is 10.1. The van der Waals surface area contributed by atoms with Gasteiger partial charge in [-0.25, -0.2) is 18.4 Å².